The molecule has 2 aromatic carbocycles. The van der Waals surface area contributed by atoms with Crippen molar-refractivity contribution in [2.75, 3.05) is 14.2 Å². The van der Waals surface area contributed by atoms with E-state index in [1.165, 1.54) is 57.6 Å². The van der Waals surface area contributed by atoms with Crippen molar-refractivity contribution in [3.05, 3.63) is 59.7 Å². The van der Waals surface area contributed by atoms with E-state index in [1.807, 2.05) is 0 Å². The Labute approximate surface area is 185 Å². The van der Waals surface area contributed by atoms with E-state index < -0.39 is 12.0 Å². The van der Waals surface area contributed by atoms with Crippen molar-refractivity contribution in [3.8, 4) is 23.0 Å². The number of ketones is 2. The van der Waals surface area contributed by atoms with Gasteiger partial charge < -0.3 is 25.1 Å². The monoisotopic (exact) mass is 439 g/mol. The predicted molar refractivity (Wildman–Crippen MR) is 120 cm³/mol. The summed E-state index contributed by atoms with van der Waals surface area (Å²) in [6, 6.07) is 8.62. The molecule has 0 aliphatic rings. The number of allylic oxidation sites excluding steroid dienone is 2. The molecule has 0 amide bonds. The van der Waals surface area contributed by atoms with Gasteiger partial charge in [-0.15, -0.1) is 0 Å². The van der Waals surface area contributed by atoms with Crippen LogP contribution >= 0.6 is 0 Å². The van der Waals surface area contributed by atoms with Gasteiger partial charge in [0, 0.05) is 0 Å². The number of aromatic hydroxyl groups is 1. The Morgan fingerprint density at radius 3 is 1.97 bits per heavy atom. The molecule has 168 valence electrons. The van der Waals surface area contributed by atoms with Crippen LogP contribution in [0, 0.1) is 0 Å². The van der Waals surface area contributed by atoms with Crippen LogP contribution in [0.5, 0.6) is 23.0 Å². The van der Waals surface area contributed by atoms with Gasteiger partial charge in [0.1, 0.15) is 6.04 Å². The maximum Gasteiger partial charge on any atom is 0.328 e. The van der Waals surface area contributed by atoms with Gasteiger partial charge in [0.05, 0.1) is 20.6 Å². The minimum atomic E-state index is -0.778. The molecule has 3 N–H and O–H groups in total. The molecule has 0 aromatic heterocycles. The number of esters is 1. The van der Waals surface area contributed by atoms with Crippen LogP contribution in [0.1, 0.15) is 24.5 Å². The van der Waals surface area contributed by atoms with E-state index >= 15 is 0 Å². The summed E-state index contributed by atoms with van der Waals surface area (Å²) in [4.78, 5) is 35.8. The molecule has 0 saturated heterocycles. The van der Waals surface area contributed by atoms with Crippen LogP contribution < -0.4 is 19.9 Å². The topological polar surface area (TPSA) is 125 Å². The number of methoxy groups -OCH3 is 2. The molecule has 0 aliphatic heterocycles. The van der Waals surface area contributed by atoms with Gasteiger partial charge in [-0.25, -0.2) is 4.79 Å². The van der Waals surface area contributed by atoms with Crippen molar-refractivity contribution in [2.45, 2.75) is 19.4 Å². The fourth-order valence-electron chi connectivity index (χ4n) is 2.54. The third-order valence-corrected chi connectivity index (χ3v) is 4.25. The van der Waals surface area contributed by atoms with E-state index in [2.05, 4.69) is 0 Å². The fourth-order valence-corrected chi connectivity index (χ4v) is 2.54. The molecular weight excluding hydrogens is 414 g/mol. The highest BCUT2D eigenvalue weighted by atomic mass is 16.6. The quantitative estimate of drug-likeness (QED) is 0.251. The normalized spacial score (nSPS) is 12.0. The molecule has 2 aromatic rings. The second kappa shape index (κ2) is 11.5. The SMILES string of the molecule is COc1cc(/C=C/C(=O)CC(=O)/C=C/c2ccc(OC(=O)[C@H](C)N)c(OC)c2)ccc1O. The Bertz CT molecular complexity index is 1050. The average Bonchev–Trinajstić information content (AvgIpc) is 2.77. The van der Waals surface area contributed by atoms with E-state index in [0.29, 0.717) is 16.9 Å². The van der Waals surface area contributed by atoms with Gasteiger partial charge in [-0.3, -0.25) is 9.59 Å². The van der Waals surface area contributed by atoms with E-state index in [0.717, 1.165) is 0 Å². The van der Waals surface area contributed by atoms with E-state index in [-0.39, 0.29) is 35.2 Å². The van der Waals surface area contributed by atoms with E-state index in [1.54, 1.807) is 24.3 Å². The number of phenols is 1. The summed E-state index contributed by atoms with van der Waals surface area (Å²) < 4.78 is 15.4. The lowest BCUT2D eigenvalue weighted by Crippen LogP contribution is -2.30. The lowest BCUT2D eigenvalue weighted by Gasteiger charge is -2.11. The second-order valence-electron chi connectivity index (χ2n) is 6.83. The van der Waals surface area contributed by atoms with Gasteiger partial charge in [-0.2, -0.15) is 0 Å². The maximum absolute atomic E-state index is 12.1. The predicted octanol–water partition coefficient (Wildman–Crippen LogP) is 2.92. The number of phenolic OH excluding ortho intramolecular Hbond substituents is 1. The molecule has 0 unspecified atom stereocenters. The number of ether oxygens (including phenoxy) is 3. The number of hydrogen-bond donors (Lipinski definition) is 2. The van der Waals surface area contributed by atoms with Crippen LogP contribution in [-0.2, 0) is 14.4 Å². The van der Waals surface area contributed by atoms with Crippen molar-refractivity contribution in [3.63, 3.8) is 0 Å². The van der Waals surface area contributed by atoms with Crippen LogP contribution in [0.15, 0.2) is 48.6 Å². The van der Waals surface area contributed by atoms with Crippen LogP contribution in [-0.4, -0.2) is 42.9 Å². The first-order valence-corrected chi connectivity index (χ1v) is 9.67. The molecule has 8 nitrogen and oxygen atoms in total. The van der Waals surface area contributed by atoms with Gasteiger partial charge in [0.15, 0.2) is 34.6 Å². The average molecular weight is 439 g/mol. The Hall–Kier alpha value is -3.91. The van der Waals surface area contributed by atoms with Crippen LogP contribution in [0.3, 0.4) is 0 Å². The van der Waals surface area contributed by atoms with E-state index in [4.69, 9.17) is 19.9 Å². The molecule has 0 heterocycles. The summed E-state index contributed by atoms with van der Waals surface area (Å²) in [6.45, 7) is 1.51. The summed E-state index contributed by atoms with van der Waals surface area (Å²) in [5.74, 6) is -0.558. The van der Waals surface area contributed by atoms with Crippen molar-refractivity contribution in [1.82, 2.24) is 0 Å². The smallest absolute Gasteiger partial charge is 0.328 e. The zero-order valence-corrected chi connectivity index (χ0v) is 18.0. The van der Waals surface area contributed by atoms with Crippen molar-refractivity contribution >= 4 is 29.7 Å². The highest BCUT2D eigenvalue weighted by Gasteiger charge is 2.14. The lowest BCUT2D eigenvalue weighted by atomic mass is 10.1. The number of carbonyl (C=O) groups excluding carboxylic acids is 3. The molecule has 0 saturated carbocycles. The number of rotatable bonds is 10. The highest BCUT2D eigenvalue weighted by Crippen LogP contribution is 2.29. The number of nitrogens with two attached hydrogens (primary N) is 1. The Kier molecular flexibility index (Phi) is 8.73. The number of hydrogen-bond acceptors (Lipinski definition) is 8. The zero-order valence-electron chi connectivity index (χ0n) is 18.0. The number of carbonyl (C=O) groups is 3. The Balaban J connectivity index is 1.99. The van der Waals surface area contributed by atoms with Crippen molar-refractivity contribution in [1.29, 1.82) is 0 Å². The first-order valence-electron chi connectivity index (χ1n) is 9.67. The summed E-state index contributed by atoms with van der Waals surface area (Å²) in [5.41, 5.74) is 6.75. The van der Waals surface area contributed by atoms with E-state index in [9.17, 15) is 19.5 Å². The fraction of sp³-hybridized carbons (Fsp3) is 0.208. The third kappa shape index (κ3) is 7.10. The first-order chi connectivity index (χ1) is 15.2. The molecule has 0 bridgehead atoms. The lowest BCUT2D eigenvalue weighted by molar-refractivity contribution is -0.135. The molecule has 0 aliphatic carbocycles. The van der Waals surface area contributed by atoms with Crippen molar-refractivity contribution in [2.24, 2.45) is 5.73 Å². The largest absolute Gasteiger partial charge is 0.504 e. The standard InChI is InChI=1S/C24H25NO7/c1-15(25)24(29)32-21-11-7-17(13-23(21)31-3)5-9-19(27)14-18(26)8-4-16-6-10-20(28)22(12-16)30-2/h4-13,15,28H,14,25H2,1-3H3/b8-4+,9-5+/t15-/m0/s1. The van der Waals surface area contributed by atoms with Gasteiger partial charge in [-0.05, 0) is 54.5 Å². The van der Waals surface area contributed by atoms with Gasteiger partial charge in [0.2, 0.25) is 0 Å². The summed E-state index contributed by atoms with van der Waals surface area (Å²) >= 11 is 0. The minimum absolute atomic E-state index is 0.00643. The highest BCUT2D eigenvalue weighted by molar-refractivity contribution is 6.10. The molecule has 32 heavy (non-hydrogen) atoms. The van der Waals surface area contributed by atoms with Gasteiger partial charge >= 0.3 is 5.97 Å². The summed E-state index contributed by atoms with van der Waals surface area (Å²) in [5, 5.41) is 9.59. The van der Waals surface area contributed by atoms with Gasteiger partial charge in [-0.1, -0.05) is 24.3 Å². The molecule has 0 spiro atoms. The van der Waals surface area contributed by atoms with Crippen LogP contribution in [0.2, 0.25) is 0 Å². The summed E-state index contributed by atoms with van der Waals surface area (Å²) in [7, 11) is 2.85. The molecular formula is C24H25NO7. The first kappa shape index (κ1) is 24.4. The third-order valence-electron chi connectivity index (χ3n) is 4.25. The molecule has 8 heteroatoms. The van der Waals surface area contributed by atoms with Crippen molar-refractivity contribution < 1.29 is 33.7 Å². The Morgan fingerprint density at radius 2 is 1.44 bits per heavy atom. The van der Waals surface area contributed by atoms with Crippen LogP contribution in [0.25, 0.3) is 12.2 Å². The minimum Gasteiger partial charge on any atom is -0.504 e. The molecule has 0 radical (unpaired) electrons. The van der Waals surface area contributed by atoms with Crippen LogP contribution in [0.4, 0.5) is 0 Å². The Morgan fingerprint density at radius 1 is 0.906 bits per heavy atom. The number of benzene rings is 2. The maximum atomic E-state index is 12.1. The molecule has 2 rings (SSSR count). The zero-order chi connectivity index (χ0) is 23.7. The van der Waals surface area contributed by atoms with Gasteiger partial charge in [0.25, 0.3) is 0 Å². The second-order valence-corrected chi connectivity index (χ2v) is 6.83. The molecule has 1 atom stereocenters. The molecule has 0 fully saturated rings. The summed E-state index contributed by atoms with van der Waals surface area (Å²) in [6.07, 6.45) is 5.35.